The van der Waals surface area contributed by atoms with Crippen molar-refractivity contribution < 1.29 is 17.6 Å². The van der Waals surface area contributed by atoms with Gasteiger partial charge in [0.05, 0.1) is 29.4 Å². The van der Waals surface area contributed by atoms with Gasteiger partial charge < -0.3 is 9.73 Å². The third-order valence-corrected chi connectivity index (χ3v) is 7.34. The standard InChI is InChI=1S/C22H26N4O4S/c1-14-4-5-17(10-15(14)2)19-12-23-22(30-19)7-6-21(27)24-20-11-16(3)25-26(20)18-8-9-31(28,29)13-18/h4-5,10-12,18H,6-9,13H2,1-3H3,(H,24,27)/t18-/m1/s1. The van der Waals surface area contributed by atoms with E-state index >= 15 is 0 Å². The van der Waals surface area contributed by atoms with E-state index in [2.05, 4.69) is 28.4 Å². The summed E-state index contributed by atoms with van der Waals surface area (Å²) >= 11 is 0. The second-order valence-electron chi connectivity index (χ2n) is 8.14. The summed E-state index contributed by atoms with van der Waals surface area (Å²) in [6.07, 6.45) is 2.74. The van der Waals surface area contributed by atoms with Crippen molar-refractivity contribution in [2.75, 3.05) is 16.8 Å². The summed E-state index contributed by atoms with van der Waals surface area (Å²) in [6.45, 7) is 5.92. The van der Waals surface area contributed by atoms with E-state index in [1.54, 1.807) is 16.9 Å². The second-order valence-corrected chi connectivity index (χ2v) is 10.4. The molecule has 0 aliphatic carbocycles. The Hall–Kier alpha value is -2.94. The van der Waals surface area contributed by atoms with Crippen LogP contribution in [0.1, 0.15) is 41.6 Å². The van der Waals surface area contributed by atoms with Gasteiger partial charge in [-0.2, -0.15) is 5.10 Å². The molecule has 0 saturated carbocycles. The normalized spacial score (nSPS) is 17.7. The number of sulfone groups is 1. The first-order valence-electron chi connectivity index (χ1n) is 10.3. The largest absolute Gasteiger partial charge is 0.441 e. The van der Waals surface area contributed by atoms with Gasteiger partial charge in [-0.3, -0.25) is 4.79 Å². The number of carbonyl (C=O) groups excluding carboxylic acids is 1. The minimum atomic E-state index is -3.05. The van der Waals surface area contributed by atoms with Crippen molar-refractivity contribution in [2.24, 2.45) is 0 Å². The molecule has 1 N–H and O–H groups in total. The lowest BCUT2D eigenvalue weighted by Crippen LogP contribution is -2.19. The lowest BCUT2D eigenvalue weighted by molar-refractivity contribution is -0.116. The molecule has 8 nitrogen and oxygen atoms in total. The third-order valence-electron chi connectivity index (χ3n) is 5.59. The van der Waals surface area contributed by atoms with Crippen LogP contribution < -0.4 is 5.32 Å². The Morgan fingerprint density at radius 2 is 2.03 bits per heavy atom. The number of nitrogens with zero attached hydrogens (tertiary/aromatic N) is 3. The molecule has 0 unspecified atom stereocenters. The van der Waals surface area contributed by atoms with Crippen LogP contribution in [0, 0.1) is 20.8 Å². The van der Waals surface area contributed by atoms with E-state index < -0.39 is 9.84 Å². The first-order valence-corrected chi connectivity index (χ1v) is 12.1. The van der Waals surface area contributed by atoms with Gasteiger partial charge in [-0.05, 0) is 44.4 Å². The smallest absolute Gasteiger partial charge is 0.226 e. The molecule has 0 spiro atoms. The molecular weight excluding hydrogens is 416 g/mol. The topological polar surface area (TPSA) is 107 Å². The van der Waals surface area contributed by atoms with Crippen LogP contribution in [0.3, 0.4) is 0 Å². The van der Waals surface area contributed by atoms with Gasteiger partial charge in [-0.1, -0.05) is 12.1 Å². The summed E-state index contributed by atoms with van der Waals surface area (Å²) < 4.78 is 31.1. The van der Waals surface area contributed by atoms with Crippen LogP contribution in [0.2, 0.25) is 0 Å². The molecule has 3 aromatic rings. The van der Waals surface area contributed by atoms with E-state index in [1.165, 1.54) is 11.1 Å². The molecule has 1 aromatic carbocycles. The maximum absolute atomic E-state index is 12.5. The molecule has 9 heteroatoms. The number of nitrogens with one attached hydrogen (secondary N) is 1. The maximum Gasteiger partial charge on any atom is 0.226 e. The lowest BCUT2D eigenvalue weighted by Gasteiger charge is -2.13. The van der Waals surface area contributed by atoms with Gasteiger partial charge in [0, 0.05) is 24.5 Å². The fourth-order valence-corrected chi connectivity index (χ4v) is 5.43. The van der Waals surface area contributed by atoms with Crippen molar-refractivity contribution in [3.8, 4) is 11.3 Å². The Labute approximate surface area is 181 Å². The molecular formula is C22H26N4O4S. The van der Waals surface area contributed by atoms with Gasteiger partial charge in [0.2, 0.25) is 5.91 Å². The fourth-order valence-electron chi connectivity index (χ4n) is 3.74. The van der Waals surface area contributed by atoms with Crippen LogP contribution in [0.15, 0.2) is 34.9 Å². The molecule has 4 rings (SSSR count). The number of rotatable bonds is 6. The molecule has 0 radical (unpaired) electrons. The quantitative estimate of drug-likeness (QED) is 0.627. The second kappa shape index (κ2) is 8.30. The molecule has 1 saturated heterocycles. The fraction of sp³-hybridized carbons (Fsp3) is 0.409. The van der Waals surface area contributed by atoms with Crippen molar-refractivity contribution in [2.45, 2.75) is 46.1 Å². The number of aromatic nitrogens is 3. The lowest BCUT2D eigenvalue weighted by atomic mass is 10.1. The van der Waals surface area contributed by atoms with Gasteiger partial charge in [0.15, 0.2) is 21.5 Å². The summed E-state index contributed by atoms with van der Waals surface area (Å²) in [5.41, 5.74) is 4.07. The molecule has 1 aliphatic heterocycles. The predicted molar refractivity (Wildman–Crippen MR) is 118 cm³/mol. The number of anilines is 1. The zero-order valence-electron chi connectivity index (χ0n) is 17.9. The first-order chi connectivity index (χ1) is 14.7. The highest BCUT2D eigenvalue weighted by atomic mass is 32.2. The maximum atomic E-state index is 12.5. The molecule has 1 atom stereocenters. The molecule has 1 amide bonds. The Morgan fingerprint density at radius 3 is 2.74 bits per heavy atom. The average Bonchev–Trinajstić information content (AvgIpc) is 3.41. The summed E-state index contributed by atoms with van der Waals surface area (Å²) in [6, 6.07) is 7.60. The molecule has 164 valence electrons. The van der Waals surface area contributed by atoms with E-state index in [9.17, 15) is 13.2 Å². The highest BCUT2D eigenvalue weighted by Gasteiger charge is 2.31. The monoisotopic (exact) mass is 442 g/mol. The molecule has 1 aliphatic rings. The molecule has 1 fully saturated rings. The first kappa shape index (κ1) is 21.3. The van der Waals surface area contributed by atoms with Gasteiger partial charge in [0.1, 0.15) is 5.82 Å². The van der Waals surface area contributed by atoms with Crippen molar-refractivity contribution >= 4 is 21.6 Å². The SMILES string of the molecule is Cc1cc(NC(=O)CCc2ncc(-c3ccc(C)c(C)c3)o2)n([C@@H]2CCS(=O)(=O)C2)n1. The number of hydrogen-bond donors (Lipinski definition) is 1. The van der Waals surface area contributed by atoms with Crippen LogP contribution in [-0.4, -0.2) is 40.6 Å². The summed E-state index contributed by atoms with van der Waals surface area (Å²) in [4.78, 5) is 16.8. The van der Waals surface area contributed by atoms with E-state index in [-0.39, 0.29) is 29.9 Å². The highest BCUT2D eigenvalue weighted by Crippen LogP contribution is 2.27. The average molecular weight is 443 g/mol. The molecule has 2 aromatic heterocycles. The number of aryl methyl sites for hydroxylation is 4. The van der Waals surface area contributed by atoms with Crippen molar-refractivity contribution in [1.82, 2.24) is 14.8 Å². The minimum Gasteiger partial charge on any atom is -0.441 e. The Balaban J connectivity index is 1.38. The van der Waals surface area contributed by atoms with Gasteiger partial charge in [-0.25, -0.2) is 18.1 Å². The Bertz CT molecular complexity index is 1230. The van der Waals surface area contributed by atoms with Crippen LogP contribution in [0.5, 0.6) is 0 Å². The number of benzene rings is 1. The van der Waals surface area contributed by atoms with E-state index in [0.717, 1.165) is 11.3 Å². The zero-order valence-corrected chi connectivity index (χ0v) is 18.7. The van der Waals surface area contributed by atoms with E-state index in [1.807, 2.05) is 26.0 Å². The predicted octanol–water partition coefficient (Wildman–Crippen LogP) is 3.39. The van der Waals surface area contributed by atoms with Crippen molar-refractivity contribution in [3.05, 3.63) is 53.2 Å². The number of hydrogen-bond acceptors (Lipinski definition) is 6. The minimum absolute atomic E-state index is 0.0502. The third kappa shape index (κ3) is 4.87. The summed E-state index contributed by atoms with van der Waals surface area (Å²) in [5, 5.41) is 7.24. The zero-order chi connectivity index (χ0) is 22.2. The van der Waals surface area contributed by atoms with Crippen molar-refractivity contribution in [3.63, 3.8) is 0 Å². The van der Waals surface area contributed by atoms with E-state index in [4.69, 9.17) is 4.42 Å². The molecule has 31 heavy (non-hydrogen) atoms. The van der Waals surface area contributed by atoms with E-state index in [0.29, 0.717) is 30.3 Å². The summed E-state index contributed by atoms with van der Waals surface area (Å²) in [7, 11) is -3.05. The van der Waals surface area contributed by atoms with Crippen LogP contribution in [0.4, 0.5) is 5.82 Å². The molecule has 3 heterocycles. The Kier molecular flexibility index (Phi) is 5.70. The van der Waals surface area contributed by atoms with Crippen LogP contribution in [0.25, 0.3) is 11.3 Å². The number of oxazole rings is 1. The molecule has 0 bridgehead atoms. The van der Waals surface area contributed by atoms with Gasteiger partial charge >= 0.3 is 0 Å². The van der Waals surface area contributed by atoms with Crippen LogP contribution >= 0.6 is 0 Å². The summed E-state index contributed by atoms with van der Waals surface area (Å²) in [5.74, 6) is 1.69. The number of carbonyl (C=O) groups is 1. The Morgan fingerprint density at radius 1 is 1.23 bits per heavy atom. The van der Waals surface area contributed by atoms with Gasteiger partial charge in [0.25, 0.3) is 0 Å². The van der Waals surface area contributed by atoms with Crippen molar-refractivity contribution in [1.29, 1.82) is 0 Å². The van der Waals surface area contributed by atoms with Crippen LogP contribution in [-0.2, 0) is 21.1 Å². The number of amides is 1. The van der Waals surface area contributed by atoms with Gasteiger partial charge in [-0.15, -0.1) is 0 Å². The highest BCUT2D eigenvalue weighted by molar-refractivity contribution is 7.91.